The van der Waals surface area contributed by atoms with Crippen LogP contribution in [-0.2, 0) is 16.1 Å². The summed E-state index contributed by atoms with van der Waals surface area (Å²) in [6.45, 7) is 0.468. The molecule has 2 aromatic rings. The van der Waals surface area contributed by atoms with E-state index in [0.717, 1.165) is 4.88 Å². The van der Waals surface area contributed by atoms with Crippen molar-refractivity contribution in [2.75, 3.05) is 13.7 Å². The molecule has 0 saturated heterocycles. The molecule has 8 heteroatoms. The summed E-state index contributed by atoms with van der Waals surface area (Å²) in [5.41, 5.74) is 6.25. The van der Waals surface area contributed by atoms with Crippen LogP contribution >= 0.6 is 23.7 Å². The minimum absolute atomic E-state index is 0. The lowest BCUT2D eigenvalue weighted by Crippen LogP contribution is -2.43. The first-order valence-electron chi connectivity index (χ1n) is 5.71. The fourth-order valence-electron chi connectivity index (χ4n) is 1.47. The zero-order valence-electron chi connectivity index (χ0n) is 10.9. The van der Waals surface area contributed by atoms with Crippen molar-refractivity contribution in [1.29, 1.82) is 0 Å². The molecule has 110 valence electrons. The average Bonchev–Trinajstić information content (AvgIpc) is 3.06. The van der Waals surface area contributed by atoms with E-state index in [4.69, 9.17) is 14.9 Å². The van der Waals surface area contributed by atoms with Gasteiger partial charge >= 0.3 is 0 Å². The van der Waals surface area contributed by atoms with Gasteiger partial charge in [-0.05, 0) is 11.4 Å². The van der Waals surface area contributed by atoms with Gasteiger partial charge in [0.05, 0.1) is 23.7 Å². The monoisotopic (exact) mass is 317 g/mol. The zero-order chi connectivity index (χ0) is 13.7. The number of nitrogens with two attached hydrogens (primary N) is 1. The van der Waals surface area contributed by atoms with Crippen LogP contribution in [0.15, 0.2) is 28.2 Å². The summed E-state index contributed by atoms with van der Waals surface area (Å²) in [6.07, 6.45) is 1.52. The van der Waals surface area contributed by atoms with E-state index >= 15 is 0 Å². The van der Waals surface area contributed by atoms with Crippen molar-refractivity contribution in [1.82, 2.24) is 10.3 Å². The van der Waals surface area contributed by atoms with Crippen LogP contribution < -0.4 is 11.1 Å². The fraction of sp³-hybridized carbons (Fsp3) is 0.333. The summed E-state index contributed by atoms with van der Waals surface area (Å²) in [6, 6.07) is 3.18. The molecule has 20 heavy (non-hydrogen) atoms. The number of oxazole rings is 1. The van der Waals surface area contributed by atoms with Gasteiger partial charge in [-0.3, -0.25) is 4.79 Å². The summed E-state index contributed by atoms with van der Waals surface area (Å²) >= 11 is 1.55. The van der Waals surface area contributed by atoms with Crippen molar-refractivity contribution in [3.8, 4) is 10.8 Å². The number of hydrogen-bond donors (Lipinski definition) is 2. The average molecular weight is 318 g/mol. The number of carbonyl (C=O) groups excluding carboxylic acids is 1. The number of nitrogens with one attached hydrogen (secondary N) is 1. The third-order valence-electron chi connectivity index (χ3n) is 2.41. The largest absolute Gasteiger partial charge is 0.443 e. The van der Waals surface area contributed by atoms with Gasteiger partial charge in [0.25, 0.3) is 0 Å². The highest BCUT2D eigenvalue weighted by Gasteiger charge is 2.13. The van der Waals surface area contributed by atoms with Crippen molar-refractivity contribution >= 4 is 29.7 Å². The lowest BCUT2D eigenvalue weighted by Gasteiger charge is -2.09. The highest BCUT2D eigenvalue weighted by molar-refractivity contribution is 7.13. The third kappa shape index (κ3) is 4.31. The van der Waals surface area contributed by atoms with Gasteiger partial charge in [-0.15, -0.1) is 23.7 Å². The van der Waals surface area contributed by atoms with E-state index in [9.17, 15) is 4.79 Å². The number of carbonyl (C=O) groups is 1. The Balaban J connectivity index is 0.00000200. The van der Waals surface area contributed by atoms with Gasteiger partial charge in [0.15, 0.2) is 0 Å². The van der Waals surface area contributed by atoms with Gasteiger partial charge in [-0.2, -0.15) is 0 Å². The third-order valence-corrected chi connectivity index (χ3v) is 3.27. The molecule has 0 aliphatic carbocycles. The number of ether oxygens (including phenoxy) is 1. The number of thiophene rings is 1. The predicted octanol–water partition coefficient (Wildman–Crippen LogP) is 1.41. The van der Waals surface area contributed by atoms with Crippen molar-refractivity contribution in [3.63, 3.8) is 0 Å². The van der Waals surface area contributed by atoms with E-state index in [2.05, 4.69) is 10.3 Å². The molecular formula is C12H16ClN3O3S. The molecule has 1 unspecified atom stereocenters. The maximum Gasteiger partial charge on any atom is 0.239 e. The van der Waals surface area contributed by atoms with E-state index in [0.29, 0.717) is 11.6 Å². The highest BCUT2D eigenvalue weighted by Crippen LogP contribution is 2.23. The van der Waals surface area contributed by atoms with E-state index in [1.165, 1.54) is 13.4 Å². The second kappa shape index (κ2) is 8.01. The highest BCUT2D eigenvalue weighted by atomic mass is 35.5. The first-order chi connectivity index (χ1) is 9.20. The molecule has 2 aromatic heterocycles. The molecule has 0 spiro atoms. The summed E-state index contributed by atoms with van der Waals surface area (Å²) in [5.74, 6) is 0.281. The minimum Gasteiger partial charge on any atom is -0.443 e. The van der Waals surface area contributed by atoms with Crippen LogP contribution in [0.3, 0.4) is 0 Å². The van der Waals surface area contributed by atoms with Gasteiger partial charge in [-0.25, -0.2) is 4.98 Å². The zero-order valence-corrected chi connectivity index (χ0v) is 12.5. The van der Waals surface area contributed by atoms with E-state index < -0.39 is 6.04 Å². The van der Waals surface area contributed by atoms with Crippen LogP contribution in [0.4, 0.5) is 0 Å². The summed E-state index contributed by atoms with van der Waals surface area (Å²) in [7, 11) is 1.50. The minimum atomic E-state index is -0.673. The molecule has 0 aliphatic rings. The Morgan fingerprint density at radius 2 is 2.45 bits per heavy atom. The Morgan fingerprint density at radius 1 is 1.65 bits per heavy atom. The van der Waals surface area contributed by atoms with Crippen molar-refractivity contribution in [3.05, 3.63) is 29.5 Å². The summed E-state index contributed by atoms with van der Waals surface area (Å²) < 4.78 is 10.2. The lowest BCUT2D eigenvalue weighted by molar-refractivity contribution is -0.123. The van der Waals surface area contributed by atoms with E-state index in [1.807, 2.05) is 17.5 Å². The molecule has 0 fully saturated rings. The van der Waals surface area contributed by atoms with Gasteiger partial charge in [0, 0.05) is 7.11 Å². The van der Waals surface area contributed by atoms with Gasteiger partial charge < -0.3 is 20.2 Å². The number of methoxy groups -OCH3 is 1. The first kappa shape index (κ1) is 16.6. The van der Waals surface area contributed by atoms with Crippen molar-refractivity contribution < 1.29 is 13.9 Å². The number of nitrogens with zero attached hydrogens (tertiary/aromatic N) is 1. The van der Waals surface area contributed by atoms with E-state index in [1.54, 1.807) is 11.3 Å². The smallest absolute Gasteiger partial charge is 0.239 e. The van der Waals surface area contributed by atoms with Crippen LogP contribution in [0.25, 0.3) is 10.8 Å². The van der Waals surface area contributed by atoms with E-state index in [-0.39, 0.29) is 31.5 Å². The molecule has 6 nitrogen and oxygen atoms in total. The molecule has 0 saturated carbocycles. The lowest BCUT2D eigenvalue weighted by atomic mass is 10.3. The Bertz CT molecular complexity index is 530. The topological polar surface area (TPSA) is 90.4 Å². The second-order valence-electron chi connectivity index (χ2n) is 3.90. The number of hydrogen-bond acceptors (Lipinski definition) is 6. The Hall–Kier alpha value is -1.41. The van der Waals surface area contributed by atoms with Crippen LogP contribution in [-0.4, -0.2) is 30.6 Å². The maximum absolute atomic E-state index is 11.6. The van der Waals surface area contributed by atoms with Gasteiger partial charge in [0.2, 0.25) is 11.8 Å². The fourth-order valence-corrected chi connectivity index (χ4v) is 2.12. The van der Waals surface area contributed by atoms with Crippen LogP contribution in [0.2, 0.25) is 0 Å². The molecule has 3 N–H and O–H groups in total. The van der Waals surface area contributed by atoms with Crippen LogP contribution in [0.5, 0.6) is 0 Å². The molecule has 2 rings (SSSR count). The second-order valence-corrected chi connectivity index (χ2v) is 4.85. The summed E-state index contributed by atoms with van der Waals surface area (Å²) in [5, 5.41) is 4.63. The van der Waals surface area contributed by atoms with Crippen molar-refractivity contribution in [2.24, 2.45) is 5.73 Å². The van der Waals surface area contributed by atoms with Crippen LogP contribution in [0.1, 0.15) is 5.69 Å². The Labute approximate surface area is 126 Å². The van der Waals surface area contributed by atoms with Crippen LogP contribution in [0, 0.1) is 0 Å². The maximum atomic E-state index is 11.6. The molecule has 0 bridgehead atoms. The molecule has 0 radical (unpaired) electrons. The molecule has 1 atom stereocenters. The molecule has 0 aliphatic heterocycles. The standard InChI is InChI=1S/C12H15N3O3S.ClH/c1-17-7-9(13)11(16)14-5-8-6-18-12(15-8)10-3-2-4-19-10;/h2-4,6,9H,5,7,13H2,1H3,(H,14,16);1H. The Morgan fingerprint density at radius 3 is 3.10 bits per heavy atom. The molecule has 2 heterocycles. The molecular weight excluding hydrogens is 302 g/mol. The Kier molecular flexibility index (Phi) is 6.66. The quantitative estimate of drug-likeness (QED) is 0.840. The number of halogens is 1. The molecule has 0 aromatic carbocycles. The number of aromatic nitrogens is 1. The SMILES string of the molecule is COCC(N)C(=O)NCc1coc(-c2cccs2)n1.Cl. The summed E-state index contributed by atoms with van der Waals surface area (Å²) in [4.78, 5) is 16.8. The first-order valence-corrected chi connectivity index (χ1v) is 6.59. The normalized spacial score (nSPS) is 11.7. The van der Waals surface area contributed by atoms with Crippen molar-refractivity contribution in [2.45, 2.75) is 12.6 Å². The molecule has 1 amide bonds. The van der Waals surface area contributed by atoms with Gasteiger partial charge in [0.1, 0.15) is 12.3 Å². The number of amides is 1. The van der Waals surface area contributed by atoms with Gasteiger partial charge in [-0.1, -0.05) is 6.07 Å². The number of rotatable bonds is 6. The predicted molar refractivity (Wildman–Crippen MR) is 78.8 cm³/mol.